The Morgan fingerprint density at radius 3 is 2.96 bits per heavy atom. The topological polar surface area (TPSA) is 69.4 Å². The van der Waals surface area contributed by atoms with Crippen LogP contribution in [0.25, 0.3) is 27.5 Å². The molecule has 0 aliphatic heterocycles. The van der Waals surface area contributed by atoms with E-state index in [-0.39, 0.29) is 0 Å². The number of esters is 1. The molecule has 24 heavy (non-hydrogen) atoms. The van der Waals surface area contributed by atoms with Gasteiger partial charge in [-0.25, -0.2) is 14.3 Å². The van der Waals surface area contributed by atoms with Gasteiger partial charge >= 0.3 is 5.97 Å². The third-order valence-electron chi connectivity index (χ3n) is 3.60. The maximum absolute atomic E-state index is 11.7. The van der Waals surface area contributed by atoms with Crippen LogP contribution in [0.5, 0.6) is 0 Å². The Labute approximate surface area is 141 Å². The molecule has 0 amide bonds. The number of rotatable bonds is 3. The van der Waals surface area contributed by atoms with Crippen molar-refractivity contribution in [2.24, 2.45) is 0 Å². The summed E-state index contributed by atoms with van der Waals surface area (Å²) in [6.07, 6.45) is 5.14. The molecule has 0 unspecified atom stereocenters. The van der Waals surface area contributed by atoms with E-state index in [0.29, 0.717) is 16.9 Å². The predicted octanol–water partition coefficient (Wildman–Crippen LogP) is 3.31. The Kier molecular flexibility index (Phi) is 3.55. The lowest BCUT2D eigenvalue weighted by atomic mass is 10.1. The average Bonchev–Trinajstić information content (AvgIpc) is 3.30. The van der Waals surface area contributed by atoms with E-state index in [0.717, 1.165) is 16.1 Å². The molecule has 0 bridgehead atoms. The fourth-order valence-corrected chi connectivity index (χ4v) is 3.13. The molecule has 0 saturated heterocycles. The third kappa shape index (κ3) is 2.44. The number of pyridine rings is 1. The van der Waals surface area contributed by atoms with Gasteiger partial charge in [-0.05, 0) is 29.6 Å². The first-order valence-electron chi connectivity index (χ1n) is 7.19. The number of methoxy groups -OCH3 is 1. The number of aromatic nitrogens is 4. The minimum atomic E-state index is -0.401. The molecular weight excluding hydrogens is 324 g/mol. The van der Waals surface area contributed by atoms with E-state index in [1.807, 2.05) is 29.8 Å². The van der Waals surface area contributed by atoms with Gasteiger partial charge in [-0.3, -0.25) is 4.98 Å². The molecule has 0 spiro atoms. The quantitative estimate of drug-likeness (QED) is 0.537. The van der Waals surface area contributed by atoms with Crippen LogP contribution in [0.1, 0.15) is 10.4 Å². The van der Waals surface area contributed by atoms with Crippen LogP contribution in [0, 0.1) is 0 Å². The maximum Gasteiger partial charge on any atom is 0.337 e. The average molecular weight is 336 g/mol. The molecule has 0 aromatic carbocycles. The summed E-state index contributed by atoms with van der Waals surface area (Å²) < 4.78 is 6.46. The summed E-state index contributed by atoms with van der Waals surface area (Å²) >= 11 is 1.63. The van der Waals surface area contributed by atoms with Crippen molar-refractivity contribution in [3.63, 3.8) is 0 Å². The van der Waals surface area contributed by atoms with E-state index in [1.165, 1.54) is 7.11 Å². The van der Waals surface area contributed by atoms with Crippen LogP contribution < -0.4 is 0 Å². The Bertz CT molecular complexity index is 1020. The van der Waals surface area contributed by atoms with Gasteiger partial charge in [0.1, 0.15) is 0 Å². The molecule has 4 rings (SSSR count). The first kappa shape index (κ1) is 14.5. The zero-order valence-corrected chi connectivity index (χ0v) is 13.5. The van der Waals surface area contributed by atoms with Crippen molar-refractivity contribution in [1.29, 1.82) is 0 Å². The van der Waals surface area contributed by atoms with E-state index in [2.05, 4.69) is 10.1 Å². The SMILES string of the molecule is COC(=O)c1ccnc(-c2cnn3ccc(-c4cccs4)nc23)c1. The van der Waals surface area contributed by atoms with E-state index in [9.17, 15) is 4.79 Å². The van der Waals surface area contributed by atoms with E-state index < -0.39 is 5.97 Å². The van der Waals surface area contributed by atoms with Crippen molar-refractivity contribution in [3.8, 4) is 21.8 Å². The summed E-state index contributed by atoms with van der Waals surface area (Å²) in [6.45, 7) is 0. The van der Waals surface area contributed by atoms with Gasteiger partial charge in [-0.15, -0.1) is 11.3 Å². The van der Waals surface area contributed by atoms with Crippen molar-refractivity contribution in [2.75, 3.05) is 7.11 Å². The van der Waals surface area contributed by atoms with E-state index in [1.54, 1.807) is 40.4 Å². The second-order valence-corrected chi connectivity index (χ2v) is 5.99. The highest BCUT2D eigenvalue weighted by molar-refractivity contribution is 7.13. The van der Waals surface area contributed by atoms with Gasteiger partial charge in [0.25, 0.3) is 0 Å². The highest BCUT2D eigenvalue weighted by Crippen LogP contribution is 2.27. The third-order valence-corrected chi connectivity index (χ3v) is 4.49. The van der Waals surface area contributed by atoms with E-state index >= 15 is 0 Å². The molecule has 0 aliphatic rings. The number of fused-ring (bicyclic) bond motifs is 1. The molecule has 0 N–H and O–H groups in total. The fraction of sp³-hybridized carbons (Fsp3) is 0.0588. The summed E-state index contributed by atoms with van der Waals surface area (Å²) in [5.41, 5.74) is 3.40. The van der Waals surface area contributed by atoms with Crippen LogP contribution in [0.3, 0.4) is 0 Å². The molecular formula is C17H12N4O2S. The van der Waals surface area contributed by atoms with Crippen molar-refractivity contribution in [3.05, 3.63) is 59.9 Å². The molecule has 0 saturated carbocycles. The fourth-order valence-electron chi connectivity index (χ4n) is 2.43. The van der Waals surface area contributed by atoms with Gasteiger partial charge < -0.3 is 4.74 Å². The Balaban J connectivity index is 1.85. The normalized spacial score (nSPS) is 10.9. The molecule has 0 atom stereocenters. The van der Waals surface area contributed by atoms with Crippen molar-refractivity contribution in [2.45, 2.75) is 0 Å². The molecule has 7 heteroatoms. The van der Waals surface area contributed by atoms with Crippen LogP contribution in [0.4, 0.5) is 0 Å². The predicted molar refractivity (Wildman–Crippen MR) is 90.9 cm³/mol. The number of ether oxygens (including phenoxy) is 1. The lowest BCUT2D eigenvalue weighted by Gasteiger charge is -2.03. The second-order valence-electron chi connectivity index (χ2n) is 5.04. The van der Waals surface area contributed by atoms with Gasteiger partial charge in [0.05, 0.1) is 40.7 Å². The van der Waals surface area contributed by atoms with Gasteiger partial charge in [0.2, 0.25) is 0 Å². The molecule has 4 aromatic heterocycles. The number of carbonyl (C=O) groups is 1. The molecule has 0 radical (unpaired) electrons. The van der Waals surface area contributed by atoms with Crippen LogP contribution in [0.2, 0.25) is 0 Å². The van der Waals surface area contributed by atoms with Gasteiger partial charge in [0, 0.05) is 12.4 Å². The highest BCUT2D eigenvalue weighted by Gasteiger charge is 2.14. The summed E-state index contributed by atoms with van der Waals surface area (Å²) in [4.78, 5) is 21.9. The van der Waals surface area contributed by atoms with Gasteiger partial charge in [-0.1, -0.05) is 6.07 Å². The molecule has 118 valence electrons. The lowest BCUT2D eigenvalue weighted by molar-refractivity contribution is 0.0600. The number of nitrogens with zero attached hydrogens (tertiary/aromatic N) is 4. The highest BCUT2D eigenvalue weighted by atomic mass is 32.1. The minimum absolute atomic E-state index is 0.401. The van der Waals surface area contributed by atoms with Crippen LogP contribution >= 0.6 is 11.3 Å². The Morgan fingerprint density at radius 2 is 2.17 bits per heavy atom. The summed E-state index contributed by atoms with van der Waals surface area (Å²) in [5, 5.41) is 6.33. The summed E-state index contributed by atoms with van der Waals surface area (Å²) in [6, 6.07) is 9.24. The van der Waals surface area contributed by atoms with Crippen molar-refractivity contribution < 1.29 is 9.53 Å². The number of hydrogen-bond donors (Lipinski definition) is 0. The first-order chi connectivity index (χ1) is 11.8. The summed E-state index contributed by atoms with van der Waals surface area (Å²) in [5.74, 6) is -0.401. The van der Waals surface area contributed by atoms with Crippen molar-refractivity contribution >= 4 is 23.0 Å². The number of thiophene rings is 1. The smallest absolute Gasteiger partial charge is 0.337 e. The van der Waals surface area contributed by atoms with E-state index in [4.69, 9.17) is 9.72 Å². The maximum atomic E-state index is 11.7. The molecule has 6 nitrogen and oxygen atoms in total. The lowest BCUT2D eigenvalue weighted by Crippen LogP contribution is -2.01. The summed E-state index contributed by atoms with van der Waals surface area (Å²) in [7, 11) is 1.35. The van der Waals surface area contributed by atoms with Crippen LogP contribution in [-0.2, 0) is 4.74 Å². The number of hydrogen-bond acceptors (Lipinski definition) is 6. The van der Waals surface area contributed by atoms with Crippen LogP contribution in [-0.4, -0.2) is 32.7 Å². The number of carbonyl (C=O) groups excluding carboxylic acids is 1. The van der Waals surface area contributed by atoms with Crippen LogP contribution in [0.15, 0.2) is 54.3 Å². The molecule has 4 heterocycles. The molecule has 4 aromatic rings. The van der Waals surface area contributed by atoms with Gasteiger partial charge in [0.15, 0.2) is 5.65 Å². The second kappa shape index (κ2) is 5.86. The largest absolute Gasteiger partial charge is 0.465 e. The Hall–Kier alpha value is -3.06. The molecule has 0 fully saturated rings. The minimum Gasteiger partial charge on any atom is -0.465 e. The monoisotopic (exact) mass is 336 g/mol. The first-order valence-corrected chi connectivity index (χ1v) is 8.07. The van der Waals surface area contributed by atoms with Gasteiger partial charge in [-0.2, -0.15) is 5.10 Å². The zero-order chi connectivity index (χ0) is 16.5. The van der Waals surface area contributed by atoms with Crippen molar-refractivity contribution in [1.82, 2.24) is 19.6 Å². The Morgan fingerprint density at radius 1 is 1.25 bits per heavy atom. The standard InChI is InChI=1S/C17H12N4O2S/c1-23-17(22)11-4-6-18-14(9-11)12-10-19-21-7-5-13(20-16(12)21)15-3-2-8-24-15/h2-10H,1H3. The molecule has 0 aliphatic carbocycles. The zero-order valence-electron chi connectivity index (χ0n) is 12.7.